The minimum Gasteiger partial charge on any atom is -0.497 e. The van der Waals surface area contributed by atoms with E-state index in [2.05, 4.69) is 5.32 Å². The van der Waals surface area contributed by atoms with E-state index in [0.717, 1.165) is 0 Å². The first-order chi connectivity index (χ1) is 11.3. The van der Waals surface area contributed by atoms with E-state index in [1.807, 2.05) is 0 Å². The summed E-state index contributed by atoms with van der Waals surface area (Å²) in [6.45, 7) is 3.38. The van der Waals surface area contributed by atoms with Gasteiger partial charge in [0, 0.05) is 28.9 Å². The van der Waals surface area contributed by atoms with E-state index in [1.54, 1.807) is 70.5 Å². The predicted octanol–water partition coefficient (Wildman–Crippen LogP) is 4.15. The topological polar surface area (TPSA) is 56.8 Å². The zero-order valence-electron chi connectivity index (χ0n) is 14.1. The molecule has 0 saturated heterocycles. The van der Waals surface area contributed by atoms with Crippen molar-refractivity contribution in [3.8, 4) is 17.2 Å². The molecule has 2 aromatic carbocycles. The van der Waals surface area contributed by atoms with Gasteiger partial charge in [-0.3, -0.25) is 4.79 Å². The first-order valence-electron chi connectivity index (χ1n) is 7.33. The van der Waals surface area contributed by atoms with Crippen molar-refractivity contribution in [2.75, 3.05) is 19.5 Å². The smallest absolute Gasteiger partial charge is 0.267 e. The van der Waals surface area contributed by atoms with Crippen molar-refractivity contribution in [3.05, 3.63) is 47.5 Å². The molecule has 24 heavy (non-hydrogen) atoms. The lowest BCUT2D eigenvalue weighted by molar-refractivity contribution is -0.128. The summed E-state index contributed by atoms with van der Waals surface area (Å²) >= 11 is 5.85. The fourth-order valence-corrected chi connectivity index (χ4v) is 2.13. The maximum Gasteiger partial charge on any atom is 0.267 e. The lowest BCUT2D eigenvalue weighted by Crippen LogP contribution is -2.42. The van der Waals surface area contributed by atoms with Crippen LogP contribution in [0.2, 0.25) is 5.02 Å². The molecular weight excluding hydrogens is 330 g/mol. The van der Waals surface area contributed by atoms with Gasteiger partial charge < -0.3 is 19.5 Å². The third kappa shape index (κ3) is 4.55. The number of carbonyl (C=O) groups excluding carboxylic acids is 1. The molecule has 0 aromatic heterocycles. The van der Waals surface area contributed by atoms with Gasteiger partial charge in [-0.25, -0.2) is 0 Å². The minimum absolute atomic E-state index is 0.298. The van der Waals surface area contributed by atoms with Gasteiger partial charge in [0.05, 0.1) is 14.2 Å². The highest BCUT2D eigenvalue weighted by Gasteiger charge is 2.30. The summed E-state index contributed by atoms with van der Waals surface area (Å²) in [4.78, 5) is 12.6. The highest BCUT2D eigenvalue weighted by Crippen LogP contribution is 2.27. The van der Waals surface area contributed by atoms with Crippen molar-refractivity contribution in [2.24, 2.45) is 0 Å². The maximum atomic E-state index is 12.6. The quantitative estimate of drug-likeness (QED) is 0.851. The van der Waals surface area contributed by atoms with Gasteiger partial charge in [0.1, 0.15) is 17.2 Å². The molecular formula is C18H20ClNO4. The van der Waals surface area contributed by atoms with Gasteiger partial charge in [0.15, 0.2) is 5.60 Å². The zero-order valence-corrected chi connectivity index (χ0v) is 14.8. The Hall–Kier alpha value is -2.40. The number of hydrogen-bond acceptors (Lipinski definition) is 4. The maximum absolute atomic E-state index is 12.6. The first kappa shape index (κ1) is 17.9. The fraction of sp³-hybridized carbons (Fsp3) is 0.278. The number of nitrogens with one attached hydrogen (secondary N) is 1. The van der Waals surface area contributed by atoms with Crippen LogP contribution in [0.4, 0.5) is 5.69 Å². The molecule has 0 bridgehead atoms. The SMILES string of the molecule is COc1cc(NC(=O)C(C)(C)Oc2ccc(Cl)cc2)cc(OC)c1. The fourth-order valence-electron chi connectivity index (χ4n) is 2.00. The van der Waals surface area contributed by atoms with Crippen LogP contribution in [0.1, 0.15) is 13.8 Å². The highest BCUT2D eigenvalue weighted by atomic mass is 35.5. The molecule has 0 aliphatic heterocycles. The Morgan fingerprint density at radius 2 is 1.50 bits per heavy atom. The molecule has 2 aromatic rings. The molecule has 2 rings (SSSR count). The van der Waals surface area contributed by atoms with Crippen molar-refractivity contribution in [3.63, 3.8) is 0 Å². The molecule has 0 aliphatic carbocycles. The van der Waals surface area contributed by atoms with E-state index >= 15 is 0 Å². The molecule has 0 unspecified atom stereocenters. The number of ether oxygens (including phenoxy) is 3. The molecule has 0 aliphatic rings. The summed E-state index contributed by atoms with van der Waals surface area (Å²) in [6, 6.07) is 12.0. The molecule has 6 heteroatoms. The van der Waals surface area contributed by atoms with Crippen LogP contribution in [0.5, 0.6) is 17.2 Å². The van der Waals surface area contributed by atoms with E-state index in [-0.39, 0.29) is 5.91 Å². The number of anilines is 1. The van der Waals surface area contributed by atoms with Gasteiger partial charge in [-0.1, -0.05) is 11.6 Å². The molecule has 1 N–H and O–H groups in total. The van der Waals surface area contributed by atoms with Crippen LogP contribution in [-0.4, -0.2) is 25.7 Å². The Morgan fingerprint density at radius 3 is 2.00 bits per heavy atom. The van der Waals surface area contributed by atoms with Crippen LogP contribution in [0.15, 0.2) is 42.5 Å². The Morgan fingerprint density at radius 1 is 0.958 bits per heavy atom. The van der Waals surface area contributed by atoms with Crippen molar-refractivity contribution in [1.29, 1.82) is 0 Å². The van der Waals surface area contributed by atoms with Crippen molar-refractivity contribution in [2.45, 2.75) is 19.4 Å². The number of benzene rings is 2. The molecule has 0 heterocycles. The standard InChI is InChI=1S/C18H20ClNO4/c1-18(2,24-14-7-5-12(19)6-8-14)17(21)20-13-9-15(22-3)11-16(10-13)23-4/h5-11H,1-4H3,(H,20,21). The Labute approximate surface area is 146 Å². The molecule has 0 saturated carbocycles. The average Bonchev–Trinajstić information content (AvgIpc) is 2.56. The van der Waals surface area contributed by atoms with Gasteiger partial charge in [0.25, 0.3) is 5.91 Å². The number of rotatable bonds is 6. The Balaban J connectivity index is 2.13. The largest absolute Gasteiger partial charge is 0.497 e. The second-order valence-corrected chi connectivity index (χ2v) is 6.06. The number of hydrogen-bond donors (Lipinski definition) is 1. The summed E-state index contributed by atoms with van der Waals surface area (Å²) in [5.41, 5.74) is -0.520. The predicted molar refractivity (Wildman–Crippen MR) is 94.3 cm³/mol. The number of carbonyl (C=O) groups is 1. The third-order valence-corrected chi connectivity index (χ3v) is 3.59. The van der Waals surface area contributed by atoms with Crippen LogP contribution in [0.25, 0.3) is 0 Å². The molecule has 0 radical (unpaired) electrons. The summed E-state index contributed by atoms with van der Waals surface area (Å²) < 4.78 is 16.2. The lowest BCUT2D eigenvalue weighted by atomic mass is 10.1. The third-order valence-electron chi connectivity index (χ3n) is 3.34. The van der Waals surface area contributed by atoms with Gasteiger partial charge in [-0.2, -0.15) is 0 Å². The van der Waals surface area contributed by atoms with Crippen LogP contribution >= 0.6 is 11.6 Å². The minimum atomic E-state index is -1.08. The first-order valence-corrected chi connectivity index (χ1v) is 7.71. The van der Waals surface area contributed by atoms with E-state index < -0.39 is 5.60 Å². The average molecular weight is 350 g/mol. The summed E-state index contributed by atoms with van der Waals surface area (Å²) in [5, 5.41) is 3.42. The van der Waals surface area contributed by atoms with E-state index in [0.29, 0.717) is 28.0 Å². The van der Waals surface area contributed by atoms with Crippen molar-refractivity contribution < 1.29 is 19.0 Å². The van der Waals surface area contributed by atoms with Gasteiger partial charge >= 0.3 is 0 Å². The van der Waals surface area contributed by atoms with Crippen LogP contribution in [-0.2, 0) is 4.79 Å². The molecule has 5 nitrogen and oxygen atoms in total. The van der Waals surface area contributed by atoms with Crippen LogP contribution in [0, 0.1) is 0 Å². The molecule has 0 fully saturated rings. The number of halogens is 1. The van der Waals surface area contributed by atoms with E-state index in [4.69, 9.17) is 25.8 Å². The van der Waals surface area contributed by atoms with Gasteiger partial charge in [-0.15, -0.1) is 0 Å². The highest BCUT2D eigenvalue weighted by molar-refractivity contribution is 6.30. The van der Waals surface area contributed by atoms with Crippen molar-refractivity contribution >= 4 is 23.2 Å². The normalized spacial score (nSPS) is 10.9. The van der Waals surface area contributed by atoms with E-state index in [1.165, 1.54) is 0 Å². The van der Waals surface area contributed by atoms with Crippen LogP contribution in [0.3, 0.4) is 0 Å². The summed E-state index contributed by atoms with van der Waals surface area (Å²) in [7, 11) is 3.10. The monoisotopic (exact) mass is 349 g/mol. The Kier molecular flexibility index (Phi) is 5.57. The second-order valence-electron chi connectivity index (χ2n) is 5.62. The number of amides is 1. The summed E-state index contributed by atoms with van der Waals surface area (Å²) in [5.74, 6) is 1.43. The zero-order chi connectivity index (χ0) is 17.7. The van der Waals surface area contributed by atoms with Crippen LogP contribution < -0.4 is 19.5 Å². The summed E-state index contributed by atoms with van der Waals surface area (Å²) in [6.07, 6.45) is 0. The van der Waals surface area contributed by atoms with Crippen molar-refractivity contribution in [1.82, 2.24) is 0 Å². The second kappa shape index (κ2) is 7.45. The van der Waals surface area contributed by atoms with Gasteiger partial charge in [0.2, 0.25) is 0 Å². The molecule has 128 valence electrons. The number of methoxy groups -OCH3 is 2. The van der Waals surface area contributed by atoms with E-state index in [9.17, 15) is 4.79 Å². The molecule has 0 atom stereocenters. The Bertz CT molecular complexity index is 691. The molecule has 0 spiro atoms. The molecule has 1 amide bonds. The van der Waals surface area contributed by atoms with Gasteiger partial charge in [-0.05, 0) is 38.1 Å². The lowest BCUT2D eigenvalue weighted by Gasteiger charge is -2.25.